The number of carbonyl (C=O) groups excluding carboxylic acids is 2. The second-order valence-electron chi connectivity index (χ2n) is 13.7. The van der Waals surface area contributed by atoms with Crippen LogP contribution in [0.4, 0.5) is 22.0 Å². The third kappa shape index (κ3) is 10.7. The first-order chi connectivity index (χ1) is 29.7. The molecule has 2 aromatic heterocycles. The lowest BCUT2D eigenvalue weighted by atomic mass is 9.89. The first-order valence-corrected chi connectivity index (χ1v) is 19.9. The summed E-state index contributed by atoms with van der Waals surface area (Å²) < 4.78 is 92.7. The van der Waals surface area contributed by atoms with Crippen LogP contribution in [-0.4, -0.2) is 83.2 Å². The highest BCUT2D eigenvalue weighted by molar-refractivity contribution is 8.00. The maximum atomic E-state index is 16.4. The van der Waals surface area contributed by atoms with Gasteiger partial charge in [-0.05, 0) is 67.3 Å². The molecule has 0 bridgehead atoms. The largest absolute Gasteiger partial charge is 0.505 e. The molecule has 0 radical (unpaired) electrons. The lowest BCUT2D eigenvalue weighted by molar-refractivity contribution is -0.121. The number of carbonyl (C=O) groups is 3. The highest BCUT2D eigenvalue weighted by atomic mass is 32.2. The van der Waals surface area contributed by atoms with Gasteiger partial charge in [0, 0.05) is 66.1 Å². The van der Waals surface area contributed by atoms with Crippen molar-refractivity contribution in [2.24, 2.45) is 0 Å². The third-order valence-corrected chi connectivity index (χ3v) is 10.4. The van der Waals surface area contributed by atoms with Crippen molar-refractivity contribution in [1.29, 1.82) is 0 Å². The molecular formula is C43H37F5N4O9S. The molecule has 0 fully saturated rings. The second-order valence-corrected chi connectivity index (χ2v) is 14.7. The molecular weight excluding hydrogens is 844 g/mol. The second kappa shape index (κ2) is 20.4. The summed E-state index contributed by atoms with van der Waals surface area (Å²) in [5.74, 6) is -13.6. The van der Waals surface area contributed by atoms with E-state index >= 15 is 13.2 Å². The van der Waals surface area contributed by atoms with Crippen molar-refractivity contribution in [2.75, 3.05) is 45.3 Å². The molecule has 4 aromatic rings. The predicted octanol–water partition coefficient (Wildman–Crippen LogP) is 6.81. The Labute approximate surface area is 353 Å². The Bertz CT molecular complexity index is 2680. The van der Waals surface area contributed by atoms with E-state index in [0.717, 1.165) is 22.5 Å². The van der Waals surface area contributed by atoms with Gasteiger partial charge in [-0.2, -0.15) is 0 Å². The van der Waals surface area contributed by atoms with Gasteiger partial charge >= 0.3 is 5.97 Å². The smallest absolute Gasteiger partial charge is 0.339 e. The maximum absolute atomic E-state index is 16.4. The number of nitrogens with zero attached hydrogens (tertiary/aromatic N) is 2. The Balaban J connectivity index is 0.954. The Morgan fingerprint density at radius 3 is 2.16 bits per heavy atom. The number of nitrogens with one attached hydrogen (secondary N) is 2. The number of thioether (sulfide) groups is 1. The number of hydrogen-bond donors (Lipinski definition) is 4. The molecule has 13 nitrogen and oxygen atoms in total. The number of benzene rings is 3. The van der Waals surface area contributed by atoms with Crippen LogP contribution in [0.1, 0.15) is 34.3 Å². The molecule has 4 N–H and O–H groups in total. The molecule has 0 saturated heterocycles. The molecule has 2 aliphatic rings. The van der Waals surface area contributed by atoms with Crippen molar-refractivity contribution < 1.29 is 60.4 Å². The van der Waals surface area contributed by atoms with Crippen LogP contribution >= 0.6 is 11.8 Å². The summed E-state index contributed by atoms with van der Waals surface area (Å²) in [6.45, 7) is 2.78. The Morgan fingerprint density at radius 1 is 0.790 bits per heavy atom. The normalized spacial score (nSPS) is 11.3. The van der Waals surface area contributed by atoms with Crippen molar-refractivity contribution in [3.8, 4) is 39.6 Å². The van der Waals surface area contributed by atoms with E-state index in [-0.39, 0.29) is 57.2 Å². The molecule has 0 atom stereocenters. The molecule has 6 rings (SSSR count). The zero-order chi connectivity index (χ0) is 44.5. The number of hydrogen-bond acceptors (Lipinski definition) is 11. The third-order valence-electron chi connectivity index (χ3n) is 9.31. The van der Waals surface area contributed by atoms with E-state index in [0.29, 0.717) is 43.5 Å². The van der Waals surface area contributed by atoms with Gasteiger partial charge in [0.1, 0.15) is 22.7 Å². The first kappa shape index (κ1) is 45.1. The van der Waals surface area contributed by atoms with E-state index in [1.807, 2.05) is 31.2 Å². The number of phenolic OH excluding ortho intramolecular Hbond substituents is 1. The standard InChI is InChI=1S/C43H37F5N4O9S/c1-22-5-7-49-28(15-22)29-16-23(6-8-50-29)3-2-4-34(55)51-9-11-59-13-14-60-12-10-52-35(56)21-62-42-40(47)37(38(43(57)58)39(46)41(42)48)36-24-17-26(44)30(53)19-32(24)61-33-20-31(54)27(45)18-25(33)36/h5-8,15-20,53H,2-4,9-14,21H2,1H3,(H,51,55)(H,52,56)(H,57,58). The molecule has 2 aromatic carbocycles. The highest BCUT2D eigenvalue weighted by Crippen LogP contribution is 2.46. The molecule has 0 saturated carbocycles. The number of amides is 2. The highest BCUT2D eigenvalue weighted by Gasteiger charge is 2.34. The number of fused-ring (bicyclic) bond motifs is 2. The molecule has 324 valence electrons. The quantitative estimate of drug-likeness (QED) is 0.0219. The predicted molar refractivity (Wildman–Crippen MR) is 216 cm³/mol. The summed E-state index contributed by atoms with van der Waals surface area (Å²) in [6.07, 6.45) is 5.12. The van der Waals surface area contributed by atoms with Gasteiger partial charge in [0.25, 0.3) is 0 Å². The molecule has 2 amide bonds. The van der Waals surface area contributed by atoms with E-state index in [2.05, 4.69) is 20.6 Å². The van der Waals surface area contributed by atoms with Crippen molar-refractivity contribution in [3.63, 3.8) is 0 Å². The van der Waals surface area contributed by atoms with Crippen molar-refractivity contribution in [3.05, 3.63) is 117 Å². The van der Waals surface area contributed by atoms with Gasteiger partial charge in [0.15, 0.2) is 29.0 Å². The van der Waals surface area contributed by atoms with E-state index in [1.54, 1.807) is 12.4 Å². The minimum absolute atomic E-state index is 0.0126. The number of ether oxygens (including phenoxy) is 2. The summed E-state index contributed by atoms with van der Waals surface area (Å²) in [5.41, 5.74) is -1.86. The van der Waals surface area contributed by atoms with Crippen LogP contribution < -0.4 is 16.1 Å². The molecule has 1 aliphatic carbocycles. The van der Waals surface area contributed by atoms with Gasteiger partial charge in [0.05, 0.1) is 48.5 Å². The van der Waals surface area contributed by atoms with Crippen molar-refractivity contribution in [2.45, 2.75) is 31.1 Å². The van der Waals surface area contributed by atoms with Crippen LogP contribution in [0.5, 0.6) is 5.75 Å². The number of aromatic hydroxyl groups is 1. The van der Waals surface area contributed by atoms with Gasteiger partial charge in [-0.15, -0.1) is 11.8 Å². The fraction of sp³-hybridized carbons (Fsp3) is 0.256. The number of carboxylic acid groups (broad SMARTS) is 1. The first-order valence-electron chi connectivity index (χ1n) is 19.0. The molecule has 3 heterocycles. The fourth-order valence-electron chi connectivity index (χ4n) is 6.39. The minimum atomic E-state index is -2.15. The molecule has 0 unspecified atom stereocenters. The number of halogens is 5. The molecule has 62 heavy (non-hydrogen) atoms. The summed E-state index contributed by atoms with van der Waals surface area (Å²) in [6, 6.07) is 10.2. The monoisotopic (exact) mass is 880 g/mol. The van der Waals surface area contributed by atoms with E-state index in [9.17, 15) is 38.2 Å². The Morgan fingerprint density at radius 2 is 1.47 bits per heavy atom. The molecule has 0 spiro atoms. The zero-order valence-corrected chi connectivity index (χ0v) is 33.6. The zero-order valence-electron chi connectivity index (χ0n) is 32.8. The van der Waals surface area contributed by atoms with E-state index in [4.69, 9.17) is 13.9 Å². The van der Waals surface area contributed by atoms with Crippen molar-refractivity contribution in [1.82, 2.24) is 20.6 Å². The number of rotatable bonds is 19. The molecule has 19 heteroatoms. The minimum Gasteiger partial charge on any atom is -0.505 e. The lowest BCUT2D eigenvalue weighted by Crippen LogP contribution is -2.29. The van der Waals surface area contributed by atoms with Crippen LogP contribution in [0, 0.1) is 36.0 Å². The van der Waals surface area contributed by atoms with Gasteiger partial charge in [-0.3, -0.25) is 24.4 Å². The fourth-order valence-corrected chi connectivity index (χ4v) is 7.22. The number of phenols is 1. The van der Waals surface area contributed by atoms with Gasteiger partial charge in [-0.1, -0.05) is 0 Å². The maximum Gasteiger partial charge on any atom is 0.339 e. The topological polar surface area (TPSA) is 190 Å². The van der Waals surface area contributed by atoms with E-state index in [1.165, 1.54) is 0 Å². The van der Waals surface area contributed by atoms with Gasteiger partial charge in [0.2, 0.25) is 17.2 Å². The van der Waals surface area contributed by atoms with Crippen LogP contribution in [0.25, 0.3) is 44.8 Å². The van der Waals surface area contributed by atoms with E-state index < -0.39 is 102 Å². The number of aromatic nitrogens is 2. The average Bonchev–Trinajstić information content (AvgIpc) is 3.23. The van der Waals surface area contributed by atoms with Gasteiger partial charge in [-0.25, -0.2) is 26.7 Å². The van der Waals surface area contributed by atoms with Crippen LogP contribution in [-0.2, 0) is 25.5 Å². The Kier molecular flexibility index (Phi) is 14.8. The number of aryl methyl sites for hydroxylation is 2. The van der Waals surface area contributed by atoms with Crippen LogP contribution in [0.3, 0.4) is 0 Å². The Hall–Kier alpha value is -6.44. The van der Waals surface area contributed by atoms with Crippen LogP contribution in [0.2, 0.25) is 0 Å². The number of carboxylic acids is 1. The summed E-state index contributed by atoms with van der Waals surface area (Å²) in [4.78, 5) is 56.8. The van der Waals surface area contributed by atoms with Crippen LogP contribution in [0.15, 0.2) is 75.0 Å². The SMILES string of the molecule is Cc1ccnc(-c2cc(CCCC(=O)NCCOCCOCCNC(=O)CSc3c(F)c(F)c(C(=O)O)c(-c4c5cc(F)c(=O)cc-5oc5cc(O)c(F)cc45)c3F)ccn2)c1. The summed E-state index contributed by atoms with van der Waals surface area (Å²) >= 11 is 0.180. The number of pyridine rings is 2. The molecule has 1 aliphatic heterocycles. The number of aromatic carboxylic acids is 1. The van der Waals surface area contributed by atoms with Gasteiger partial charge < -0.3 is 34.7 Å². The lowest BCUT2D eigenvalue weighted by Gasteiger charge is -2.19. The summed E-state index contributed by atoms with van der Waals surface area (Å²) in [7, 11) is 0. The average molecular weight is 881 g/mol. The van der Waals surface area contributed by atoms with Crippen molar-refractivity contribution >= 4 is 40.5 Å². The summed E-state index contributed by atoms with van der Waals surface area (Å²) in [5, 5.41) is 24.6.